The van der Waals surface area contributed by atoms with Gasteiger partial charge < -0.3 is 4.74 Å². The predicted molar refractivity (Wildman–Crippen MR) is 94.6 cm³/mol. The Labute approximate surface area is 149 Å². The second-order valence-electron chi connectivity index (χ2n) is 5.12. The quantitative estimate of drug-likeness (QED) is 0.390. The van der Waals surface area contributed by atoms with E-state index in [9.17, 15) is 13.2 Å². The van der Waals surface area contributed by atoms with Crippen LogP contribution in [0, 0.1) is 0 Å². The predicted octanol–water partition coefficient (Wildman–Crippen LogP) is 4.05. The first-order chi connectivity index (χ1) is 11.9. The summed E-state index contributed by atoms with van der Waals surface area (Å²) >= 11 is 5.81. The number of hydrogen-bond donors (Lipinski definition) is 0. The van der Waals surface area contributed by atoms with Gasteiger partial charge in [-0.15, -0.1) is 0 Å². The molecule has 3 rings (SSSR count). The lowest BCUT2D eigenvalue weighted by Gasteiger charge is -2.11. The van der Waals surface area contributed by atoms with Crippen molar-refractivity contribution in [1.29, 1.82) is 0 Å². The van der Waals surface area contributed by atoms with Crippen molar-refractivity contribution in [3.63, 3.8) is 0 Å². The summed E-state index contributed by atoms with van der Waals surface area (Å²) in [7, 11) is -2.81. The van der Waals surface area contributed by atoms with E-state index in [0.717, 1.165) is 7.11 Å². The first kappa shape index (κ1) is 17.4. The number of ether oxygens (including phenoxy) is 1. The zero-order chi connectivity index (χ0) is 18.0. The van der Waals surface area contributed by atoms with Crippen molar-refractivity contribution >= 4 is 38.5 Å². The Morgan fingerprint density at radius 3 is 2.20 bits per heavy atom. The van der Waals surface area contributed by atoms with Gasteiger partial charge in [0.05, 0.1) is 12.7 Å². The minimum Gasteiger partial charge on any atom is -0.423 e. The maximum absolute atomic E-state index is 12.5. The van der Waals surface area contributed by atoms with Crippen LogP contribution in [-0.4, -0.2) is 21.5 Å². The summed E-state index contributed by atoms with van der Waals surface area (Å²) in [4.78, 5) is 12.5. The van der Waals surface area contributed by atoms with Crippen molar-refractivity contribution in [2.75, 3.05) is 7.11 Å². The van der Waals surface area contributed by atoms with Crippen molar-refractivity contribution in [2.45, 2.75) is 4.90 Å². The Bertz CT molecular complexity index is 1040. The Balaban J connectivity index is 2.07. The van der Waals surface area contributed by atoms with Crippen LogP contribution < -0.4 is 4.74 Å². The summed E-state index contributed by atoms with van der Waals surface area (Å²) < 4.78 is 34.1. The Morgan fingerprint density at radius 2 is 1.56 bits per heavy atom. The van der Waals surface area contributed by atoms with Gasteiger partial charge in [0.15, 0.2) is 0 Å². The number of carbonyl (C=O) groups is 1. The molecule has 0 aliphatic rings. The molecule has 0 atom stereocenters. The minimum absolute atomic E-state index is 0.00589. The van der Waals surface area contributed by atoms with Crippen molar-refractivity contribution < 1.29 is 22.1 Å². The topological polar surface area (TPSA) is 69.7 Å². The van der Waals surface area contributed by atoms with E-state index in [0.29, 0.717) is 21.5 Å². The molecule has 128 valence electrons. The van der Waals surface area contributed by atoms with E-state index in [1.54, 1.807) is 48.5 Å². The van der Waals surface area contributed by atoms with E-state index in [-0.39, 0.29) is 10.5 Å². The number of esters is 1. The third-order valence-corrected chi connectivity index (χ3v) is 5.20. The van der Waals surface area contributed by atoms with Crippen LogP contribution in [0.25, 0.3) is 10.8 Å². The number of carbonyl (C=O) groups excluding carboxylic acids is 1. The van der Waals surface area contributed by atoms with Crippen LogP contribution in [0.4, 0.5) is 0 Å². The van der Waals surface area contributed by atoms with Gasteiger partial charge in [-0.3, -0.25) is 4.18 Å². The Kier molecular flexibility index (Phi) is 4.76. The molecule has 7 heteroatoms. The molecule has 3 aromatic carbocycles. The third-order valence-electron chi connectivity index (χ3n) is 3.62. The highest BCUT2D eigenvalue weighted by atomic mass is 35.5. The lowest BCUT2D eigenvalue weighted by Crippen LogP contribution is -2.11. The van der Waals surface area contributed by atoms with Crippen molar-refractivity contribution in [2.24, 2.45) is 0 Å². The van der Waals surface area contributed by atoms with Gasteiger partial charge in [0.25, 0.3) is 10.1 Å². The van der Waals surface area contributed by atoms with E-state index >= 15 is 0 Å². The van der Waals surface area contributed by atoms with Crippen molar-refractivity contribution in [1.82, 2.24) is 0 Å². The third kappa shape index (κ3) is 3.51. The molecular formula is C18H13ClO5S. The lowest BCUT2D eigenvalue weighted by molar-refractivity contribution is 0.0736. The second-order valence-corrected chi connectivity index (χ2v) is 7.24. The molecule has 0 saturated heterocycles. The standard InChI is InChI=1S/C18H13ClO5S/c1-23-25(21,22)17-11-10-16(14-4-2-3-5-15(14)17)18(20)24-13-8-6-12(19)7-9-13/h2-11H,1H3. The van der Waals surface area contributed by atoms with Crippen molar-refractivity contribution in [3.8, 4) is 5.75 Å². The Hall–Kier alpha value is -2.41. The van der Waals surface area contributed by atoms with E-state index in [4.69, 9.17) is 16.3 Å². The van der Waals surface area contributed by atoms with Gasteiger partial charge in [-0.2, -0.15) is 8.42 Å². The monoisotopic (exact) mass is 376 g/mol. The fourth-order valence-corrected chi connectivity index (χ4v) is 3.41. The van der Waals surface area contributed by atoms with Crippen LogP contribution in [0.15, 0.2) is 65.6 Å². The molecule has 0 spiro atoms. The molecule has 0 saturated carbocycles. The highest BCUT2D eigenvalue weighted by Crippen LogP contribution is 2.28. The smallest absolute Gasteiger partial charge is 0.344 e. The van der Waals surface area contributed by atoms with Gasteiger partial charge in [0, 0.05) is 10.4 Å². The molecule has 0 aliphatic heterocycles. The molecule has 0 bridgehead atoms. The highest BCUT2D eigenvalue weighted by Gasteiger charge is 2.21. The summed E-state index contributed by atoms with van der Waals surface area (Å²) in [5.41, 5.74) is 0.251. The molecule has 0 fully saturated rings. The van der Waals surface area contributed by atoms with Crippen LogP contribution in [0.5, 0.6) is 5.75 Å². The van der Waals surface area contributed by atoms with E-state index in [1.165, 1.54) is 12.1 Å². The lowest BCUT2D eigenvalue weighted by atomic mass is 10.0. The summed E-state index contributed by atoms with van der Waals surface area (Å²) in [5, 5.41) is 1.37. The summed E-state index contributed by atoms with van der Waals surface area (Å²) in [6, 6.07) is 15.8. The first-order valence-electron chi connectivity index (χ1n) is 7.22. The summed E-state index contributed by atoms with van der Waals surface area (Å²) in [5.74, 6) is -0.257. The number of hydrogen-bond acceptors (Lipinski definition) is 5. The van der Waals surface area contributed by atoms with Crippen LogP contribution in [0.3, 0.4) is 0 Å². The molecule has 0 radical (unpaired) electrons. The van der Waals surface area contributed by atoms with Crippen LogP contribution >= 0.6 is 11.6 Å². The van der Waals surface area contributed by atoms with Crippen LogP contribution in [0.2, 0.25) is 5.02 Å². The van der Waals surface area contributed by atoms with E-state index in [1.807, 2.05) is 0 Å². The van der Waals surface area contributed by atoms with Crippen molar-refractivity contribution in [3.05, 3.63) is 71.2 Å². The molecule has 0 heterocycles. The highest BCUT2D eigenvalue weighted by molar-refractivity contribution is 7.87. The fraction of sp³-hybridized carbons (Fsp3) is 0.0556. The molecular weight excluding hydrogens is 364 g/mol. The molecule has 0 aliphatic carbocycles. The van der Waals surface area contributed by atoms with Crippen LogP contribution in [-0.2, 0) is 14.3 Å². The zero-order valence-electron chi connectivity index (χ0n) is 13.1. The maximum Gasteiger partial charge on any atom is 0.344 e. The van der Waals surface area contributed by atoms with Gasteiger partial charge in [0.2, 0.25) is 0 Å². The number of benzene rings is 3. The molecule has 3 aromatic rings. The van der Waals surface area contributed by atoms with E-state index < -0.39 is 16.1 Å². The summed E-state index contributed by atoms with van der Waals surface area (Å²) in [6.45, 7) is 0. The molecule has 0 aromatic heterocycles. The van der Waals surface area contributed by atoms with Gasteiger partial charge in [-0.05, 0) is 41.8 Å². The molecule has 0 N–H and O–H groups in total. The van der Waals surface area contributed by atoms with Gasteiger partial charge >= 0.3 is 5.97 Å². The Morgan fingerprint density at radius 1 is 0.920 bits per heavy atom. The van der Waals surface area contributed by atoms with E-state index in [2.05, 4.69) is 4.18 Å². The molecule has 0 unspecified atom stereocenters. The second kappa shape index (κ2) is 6.84. The molecule has 5 nitrogen and oxygen atoms in total. The minimum atomic E-state index is -3.90. The average Bonchev–Trinajstić information content (AvgIpc) is 2.62. The average molecular weight is 377 g/mol. The fourth-order valence-electron chi connectivity index (χ4n) is 2.42. The normalized spacial score (nSPS) is 11.4. The maximum atomic E-state index is 12.5. The number of rotatable bonds is 4. The molecule has 0 amide bonds. The van der Waals surface area contributed by atoms with Crippen LogP contribution in [0.1, 0.15) is 10.4 Å². The van der Waals surface area contributed by atoms with Gasteiger partial charge in [-0.25, -0.2) is 4.79 Å². The SMILES string of the molecule is COS(=O)(=O)c1ccc(C(=O)Oc2ccc(Cl)cc2)c2ccccc12. The molecule has 25 heavy (non-hydrogen) atoms. The number of halogens is 1. The first-order valence-corrected chi connectivity index (χ1v) is 9.01. The number of fused-ring (bicyclic) bond motifs is 1. The summed E-state index contributed by atoms with van der Waals surface area (Å²) in [6.07, 6.45) is 0. The zero-order valence-corrected chi connectivity index (χ0v) is 14.7. The van der Waals surface area contributed by atoms with Gasteiger partial charge in [-0.1, -0.05) is 35.9 Å². The largest absolute Gasteiger partial charge is 0.423 e. The van der Waals surface area contributed by atoms with Gasteiger partial charge in [0.1, 0.15) is 10.6 Å².